The average molecular weight is 280 g/mol. The molecular formula is C15H28N4O. The van der Waals surface area contributed by atoms with E-state index in [9.17, 15) is 4.79 Å². The van der Waals surface area contributed by atoms with E-state index in [1.54, 1.807) is 0 Å². The van der Waals surface area contributed by atoms with Gasteiger partial charge in [0.15, 0.2) is 0 Å². The van der Waals surface area contributed by atoms with E-state index < -0.39 is 0 Å². The molecule has 2 atom stereocenters. The molecule has 2 N–H and O–H groups in total. The van der Waals surface area contributed by atoms with Gasteiger partial charge in [-0.1, -0.05) is 0 Å². The fourth-order valence-electron chi connectivity index (χ4n) is 4.00. The first-order valence-corrected chi connectivity index (χ1v) is 8.19. The summed E-state index contributed by atoms with van der Waals surface area (Å²) in [6, 6.07) is 1.10. The number of amides is 1. The summed E-state index contributed by atoms with van der Waals surface area (Å²) >= 11 is 0. The van der Waals surface area contributed by atoms with Gasteiger partial charge in [-0.2, -0.15) is 0 Å². The maximum absolute atomic E-state index is 12.6. The summed E-state index contributed by atoms with van der Waals surface area (Å²) in [5, 5.41) is 6.70. The van der Waals surface area contributed by atoms with Crippen LogP contribution in [0.5, 0.6) is 0 Å². The number of likely N-dealkylation sites (N-methyl/N-ethyl adjacent to an activating group) is 1. The second kappa shape index (κ2) is 6.41. The Morgan fingerprint density at radius 1 is 1.15 bits per heavy atom. The number of carbonyl (C=O) groups is 1. The van der Waals surface area contributed by atoms with Gasteiger partial charge < -0.3 is 15.5 Å². The molecule has 0 aromatic heterocycles. The van der Waals surface area contributed by atoms with Crippen molar-refractivity contribution in [1.29, 1.82) is 0 Å². The van der Waals surface area contributed by atoms with Crippen molar-refractivity contribution in [2.24, 2.45) is 0 Å². The first-order chi connectivity index (χ1) is 9.74. The third-order valence-electron chi connectivity index (χ3n) is 5.11. The molecule has 0 aromatic carbocycles. The van der Waals surface area contributed by atoms with Crippen LogP contribution in [0, 0.1) is 0 Å². The molecule has 1 amide bonds. The van der Waals surface area contributed by atoms with E-state index in [1.165, 1.54) is 19.3 Å². The van der Waals surface area contributed by atoms with Gasteiger partial charge in [-0.3, -0.25) is 9.69 Å². The van der Waals surface area contributed by atoms with Crippen molar-refractivity contribution in [3.63, 3.8) is 0 Å². The lowest BCUT2D eigenvalue weighted by Gasteiger charge is -2.35. The van der Waals surface area contributed by atoms with Crippen molar-refractivity contribution < 1.29 is 4.79 Å². The standard InChI is InChI=1S/C15H28N4O/c1-18-10-6-12(11-18)17-15(20)14-3-2-9-19(14)13-4-7-16-8-5-13/h12-14,16H,2-11H2,1H3,(H,17,20). The van der Waals surface area contributed by atoms with E-state index in [0.717, 1.165) is 45.6 Å². The summed E-state index contributed by atoms with van der Waals surface area (Å²) in [5.74, 6) is 0.279. The topological polar surface area (TPSA) is 47.6 Å². The molecule has 3 rings (SSSR count). The molecule has 0 bridgehead atoms. The Balaban J connectivity index is 1.55. The highest BCUT2D eigenvalue weighted by Gasteiger charge is 2.36. The third kappa shape index (κ3) is 3.15. The van der Waals surface area contributed by atoms with E-state index in [0.29, 0.717) is 12.1 Å². The van der Waals surface area contributed by atoms with Crippen molar-refractivity contribution in [1.82, 2.24) is 20.4 Å². The molecule has 3 aliphatic rings. The predicted molar refractivity (Wildman–Crippen MR) is 79.7 cm³/mol. The maximum atomic E-state index is 12.6. The molecule has 3 fully saturated rings. The minimum atomic E-state index is 0.129. The largest absolute Gasteiger partial charge is 0.351 e. The highest BCUT2D eigenvalue weighted by molar-refractivity contribution is 5.82. The number of carbonyl (C=O) groups excluding carboxylic acids is 1. The fraction of sp³-hybridized carbons (Fsp3) is 0.933. The lowest BCUT2D eigenvalue weighted by molar-refractivity contribution is -0.127. The zero-order chi connectivity index (χ0) is 13.9. The molecule has 3 saturated heterocycles. The molecule has 114 valence electrons. The summed E-state index contributed by atoms with van der Waals surface area (Å²) in [5.41, 5.74) is 0. The smallest absolute Gasteiger partial charge is 0.237 e. The van der Waals surface area contributed by atoms with Crippen molar-refractivity contribution >= 4 is 5.91 Å². The van der Waals surface area contributed by atoms with E-state index in [2.05, 4.69) is 27.5 Å². The molecule has 2 unspecified atom stereocenters. The molecule has 0 radical (unpaired) electrons. The second-order valence-corrected chi connectivity index (χ2v) is 6.63. The number of rotatable bonds is 3. The molecular weight excluding hydrogens is 252 g/mol. The molecule has 0 aromatic rings. The molecule has 0 saturated carbocycles. The summed E-state index contributed by atoms with van der Waals surface area (Å²) in [6.45, 7) is 5.42. The highest BCUT2D eigenvalue weighted by atomic mass is 16.2. The number of likely N-dealkylation sites (tertiary alicyclic amines) is 2. The molecule has 3 heterocycles. The van der Waals surface area contributed by atoms with Crippen LogP contribution in [0.15, 0.2) is 0 Å². The van der Waals surface area contributed by atoms with E-state index in [-0.39, 0.29) is 11.9 Å². The quantitative estimate of drug-likeness (QED) is 0.765. The van der Waals surface area contributed by atoms with Gasteiger partial charge in [0, 0.05) is 18.6 Å². The van der Waals surface area contributed by atoms with Crippen molar-refractivity contribution in [3.8, 4) is 0 Å². The van der Waals surface area contributed by atoms with Crippen molar-refractivity contribution in [2.45, 2.75) is 50.2 Å². The van der Waals surface area contributed by atoms with E-state index in [4.69, 9.17) is 0 Å². The molecule has 20 heavy (non-hydrogen) atoms. The van der Waals surface area contributed by atoms with Gasteiger partial charge in [0.2, 0.25) is 5.91 Å². The number of piperidine rings is 1. The maximum Gasteiger partial charge on any atom is 0.237 e. The normalized spacial score (nSPS) is 33.6. The van der Waals surface area contributed by atoms with Gasteiger partial charge in [-0.15, -0.1) is 0 Å². The van der Waals surface area contributed by atoms with Crippen LogP contribution in [-0.4, -0.2) is 73.6 Å². The first-order valence-electron chi connectivity index (χ1n) is 8.19. The van der Waals surface area contributed by atoms with Crippen LogP contribution >= 0.6 is 0 Å². The van der Waals surface area contributed by atoms with Gasteiger partial charge in [0.25, 0.3) is 0 Å². The number of nitrogens with zero attached hydrogens (tertiary/aromatic N) is 2. The van der Waals surface area contributed by atoms with Crippen LogP contribution in [0.4, 0.5) is 0 Å². The highest BCUT2D eigenvalue weighted by Crippen LogP contribution is 2.24. The fourth-order valence-corrected chi connectivity index (χ4v) is 4.00. The third-order valence-corrected chi connectivity index (χ3v) is 5.11. The zero-order valence-electron chi connectivity index (χ0n) is 12.6. The summed E-state index contributed by atoms with van der Waals surface area (Å²) in [4.78, 5) is 17.4. The van der Waals surface area contributed by atoms with Crippen molar-refractivity contribution in [3.05, 3.63) is 0 Å². The van der Waals surface area contributed by atoms with E-state index in [1.807, 2.05) is 0 Å². The summed E-state index contributed by atoms with van der Waals surface area (Å²) < 4.78 is 0. The van der Waals surface area contributed by atoms with Crippen LogP contribution in [0.3, 0.4) is 0 Å². The van der Waals surface area contributed by atoms with Gasteiger partial charge in [-0.25, -0.2) is 0 Å². The summed E-state index contributed by atoms with van der Waals surface area (Å²) in [7, 11) is 2.13. The Kier molecular flexibility index (Phi) is 4.58. The molecule has 5 heteroatoms. The van der Waals surface area contributed by atoms with E-state index >= 15 is 0 Å². The number of hydrogen-bond donors (Lipinski definition) is 2. The SMILES string of the molecule is CN1CCC(NC(=O)C2CCCN2C2CCNCC2)C1. The first kappa shape index (κ1) is 14.3. The Morgan fingerprint density at radius 3 is 2.65 bits per heavy atom. The average Bonchev–Trinajstić information content (AvgIpc) is 3.09. The van der Waals surface area contributed by atoms with Gasteiger partial charge >= 0.3 is 0 Å². The lowest BCUT2D eigenvalue weighted by atomic mass is 10.0. The predicted octanol–water partition coefficient (Wildman–Crippen LogP) is 0.0231. The van der Waals surface area contributed by atoms with Crippen LogP contribution in [-0.2, 0) is 4.79 Å². The monoisotopic (exact) mass is 280 g/mol. The Hall–Kier alpha value is -0.650. The zero-order valence-corrected chi connectivity index (χ0v) is 12.6. The van der Waals surface area contributed by atoms with Crippen LogP contribution in [0.2, 0.25) is 0 Å². The minimum absolute atomic E-state index is 0.129. The van der Waals surface area contributed by atoms with Crippen LogP contribution < -0.4 is 10.6 Å². The van der Waals surface area contributed by atoms with Crippen LogP contribution in [0.25, 0.3) is 0 Å². The Bertz CT molecular complexity index is 343. The number of hydrogen-bond acceptors (Lipinski definition) is 4. The van der Waals surface area contributed by atoms with Crippen molar-refractivity contribution in [2.75, 3.05) is 39.8 Å². The second-order valence-electron chi connectivity index (χ2n) is 6.63. The van der Waals surface area contributed by atoms with Gasteiger partial charge in [0.05, 0.1) is 6.04 Å². The molecule has 3 aliphatic heterocycles. The minimum Gasteiger partial charge on any atom is -0.351 e. The van der Waals surface area contributed by atoms with Gasteiger partial charge in [0.1, 0.15) is 0 Å². The number of nitrogens with one attached hydrogen (secondary N) is 2. The molecule has 5 nitrogen and oxygen atoms in total. The Labute approximate surface area is 122 Å². The summed E-state index contributed by atoms with van der Waals surface area (Å²) in [6.07, 6.45) is 5.69. The molecule has 0 spiro atoms. The van der Waals surface area contributed by atoms with Crippen LogP contribution in [0.1, 0.15) is 32.1 Å². The lowest BCUT2D eigenvalue weighted by Crippen LogP contribution is -2.52. The molecule has 0 aliphatic carbocycles. The Morgan fingerprint density at radius 2 is 1.95 bits per heavy atom. The van der Waals surface area contributed by atoms with Gasteiger partial charge in [-0.05, 0) is 65.3 Å².